The summed E-state index contributed by atoms with van der Waals surface area (Å²) in [6.07, 6.45) is 4.47. The van der Waals surface area contributed by atoms with E-state index in [0.29, 0.717) is 17.5 Å². The van der Waals surface area contributed by atoms with Crippen LogP contribution in [0.1, 0.15) is 12.0 Å². The number of nitrogens with one attached hydrogen (secondary N) is 2. The molecule has 6 nitrogen and oxygen atoms in total. The predicted molar refractivity (Wildman–Crippen MR) is 107 cm³/mol. The van der Waals surface area contributed by atoms with Gasteiger partial charge in [-0.3, -0.25) is 0 Å². The van der Waals surface area contributed by atoms with Crippen LogP contribution in [-0.2, 0) is 0 Å². The molecule has 0 atom stereocenters. The van der Waals surface area contributed by atoms with E-state index >= 15 is 0 Å². The van der Waals surface area contributed by atoms with Crippen molar-refractivity contribution in [2.75, 3.05) is 23.7 Å². The van der Waals surface area contributed by atoms with Gasteiger partial charge in [0, 0.05) is 35.2 Å². The number of hydrogen-bond donors (Lipinski definition) is 3. The number of nitrogens with two attached hydrogens (primary N) is 1. The molecule has 26 heavy (non-hydrogen) atoms. The van der Waals surface area contributed by atoms with Gasteiger partial charge in [-0.25, -0.2) is 15.0 Å². The molecule has 0 fully saturated rings. The third-order valence-electron chi connectivity index (χ3n) is 3.80. The van der Waals surface area contributed by atoms with E-state index in [0.717, 1.165) is 41.3 Å². The maximum Gasteiger partial charge on any atom is 0.227 e. The van der Waals surface area contributed by atoms with Crippen molar-refractivity contribution in [2.24, 2.45) is 5.73 Å². The highest BCUT2D eigenvalue weighted by atomic mass is 35.5. The summed E-state index contributed by atoms with van der Waals surface area (Å²) in [6.45, 7) is 3.45. The number of nitrogens with zero attached hydrogens (tertiary/aromatic N) is 3. The highest BCUT2D eigenvalue weighted by Gasteiger charge is 2.08. The molecule has 2 heterocycles. The molecular weight excluding hydrogens is 348 g/mol. The molecule has 0 saturated heterocycles. The molecule has 1 aromatic carbocycles. The summed E-state index contributed by atoms with van der Waals surface area (Å²) < 4.78 is 0. The molecule has 134 valence electrons. The number of aryl methyl sites for hydroxylation is 1. The molecule has 3 aromatic rings. The van der Waals surface area contributed by atoms with Crippen molar-refractivity contribution < 1.29 is 0 Å². The van der Waals surface area contributed by atoms with Crippen molar-refractivity contribution in [2.45, 2.75) is 13.3 Å². The Morgan fingerprint density at radius 2 is 2.04 bits per heavy atom. The van der Waals surface area contributed by atoms with Crippen LogP contribution in [0.2, 0.25) is 5.02 Å². The molecule has 0 aliphatic carbocycles. The van der Waals surface area contributed by atoms with E-state index in [1.54, 1.807) is 6.20 Å². The summed E-state index contributed by atoms with van der Waals surface area (Å²) in [4.78, 5) is 13.3. The number of hydrogen-bond acceptors (Lipinski definition) is 6. The van der Waals surface area contributed by atoms with Gasteiger partial charge in [-0.15, -0.1) is 0 Å². The van der Waals surface area contributed by atoms with E-state index in [9.17, 15) is 0 Å². The van der Waals surface area contributed by atoms with E-state index in [1.807, 2.05) is 49.5 Å². The first-order valence-corrected chi connectivity index (χ1v) is 8.80. The lowest BCUT2D eigenvalue weighted by molar-refractivity contribution is 0.870. The Hall–Kier alpha value is -2.70. The quantitative estimate of drug-likeness (QED) is 0.546. The highest BCUT2D eigenvalue weighted by molar-refractivity contribution is 6.30. The maximum atomic E-state index is 6.03. The number of benzene rings is 1. The first-order chi connectivity index (χ1) is 12.7. The van der Waals surface area contributed by atoms with Crippen LogP contribution in [0.4, 0.5) is 17.5 Å². The number of pyridine rings is 1. The van der Waals surface area contributed by atoms with Crippen LogP contribution in [-0.4, -0.2) is 28.0 Å². The van der Waals surface area contributed by atoms with Crippen molar-refractivity contribution >= 4 is 29.1 Å². The minimum absolute atomic E-state index is 0.513. The standard InChI is InChI=1S/C19H21ClN6/c1-13-12-24-18(22-8-3-7-21)11-16(13)17-6-9-23-19(26-17)25-15-5-2-4-14(20)10-15/h2,4-6,9-12H,3,7-8,21H2,1H3,(H,22,24)(H,23,25,26). The van der Waals surface area contributed by atoms with E-state index in [-0.39, 0.29) is 0 Å². The van der Waals surface area contributed by atoms with Gasteiger partial charge in [-0.1, -0.05) is 17.7 Å². The number of rotatable bonds is 7. The Balaban J connectivity index is 1.84. The molecule has 0 radical (unpaired) electrons. The molecule has 0 amide bonds. The topological polar surface area (TPSA) is 88.8 Å². The lowest BCUT2D eigenvalue weighted by Gasteiger charge is -2.11. The van der Waals surface area contributed by atoms with Crippen LogP contribution in [0.25, 0.3) is 11.3 Å². The lowest BCUT2D eigenvalue weighted by Crippen LogP contribution is -2.09. The molecule has 2 aromatic heterocycles. The van der Waals surface area contributed by atoms with Crippen molar-refractivity contribution in [3.63, 3.8) is 0 Å². The summed E-state index contributed by atoms with van der Waals surface area (Å²) in [7, 11) is 0. The van der Waals surface area contributed by atoms with E-state index < -0.39 is 0 Å². The van der Waals surface area contributed by atoms with Crippen LogP contribution in [0, 0.1) is 6.92 Å². The second-order valence-electron chi connectivity index (χ2n) is 5.85. The van der Waals surface area contributed by atoms with Gasteiger partial charge in [0.05, 0.1) is 5.69 Å². The summed E-state index contributed by atoms with van der Waals surface area (Å²) in [5.41, 5.74) is 9.25. The van der Waals surface area contributed by atoms with Crippen molar-refractivity contribution in [3.05, 3.63) is 59.4 Å². The van der Waals surface area contributed by atoms with Gasteiger partial charge in [0.25, 0.3) is 0 Å². The SMILES string of the molecule is Cc1cnc(NCCCN)cc1-c1ccnc(Nc2cccc(Cl)c2)n1. The highest BCUT2D eigenvalue weighted by Crippen LogP contribution is 2.25. The van der Waals surface area contributed by atoms with E-state index in [4.69, 9.17) is 17.3 Å². The summed E-state index contributed by atoms with van der Waals surface area (Å²) in [5, 5.41) is 7.11. The lowest BCUT2D eigenvalue weighted by atomic mass is 10.1. The third kappa shape index (κ3) is 4.68. The molecule has 0 saturated carbocycles. The maximum absolute atomic E-state index is 6.03. The minimum Gasteiger partial charge on any atom is -0.370 e. The van der Waals surface area contributed by atoms with Gasteiger partial charge in [0.2, 0.25) is 5.95 Å². The Kier molecular flexibility index (Phi) is 5.99. The van der Waals surface area contributed by atoms with Gasteiger partial charge >= 0.3 is 0 Å². The first kappa shape index (κ1) is 18.1. The smallest absolute Gasteiger partial charge is 0.227 e. The third-order valence-corrected chi connectivity index (χ3v) is 4.04. The van der Waals surface area contributed by atoms with Gasteiger partial charge in [0.15, 0.2) is 0 Å². The van der Waals surface area contributed by atoms with Crippen molar-refractivity contribution in [1.82, 2.24) is 15.0 Å². The zero-order valence-corrected chi connectivity index (χ0v) is 15.3. The average Bonchev–Trinajstić information content (AvgIpc) is 2.63. The second-order valence-corrected chi connectivity index (χ2v) is 6.29. The fourth-order valence-electron chi connectivity index (χ4n) is 2.48. The molecule has 4 N–H and O–H groups in total. The van der Waals surface area contributed by atoms with Gasteiger partial charge < -0.3 is 16.4 Å². The van der Waals surface area contributed by atoms with Crippen LogP contribution in [0.5, 0.6) is 0 Å². The fourth-order valence-corrected chi connectivity index (χ4v) is 2.67. The monoisotopic (exact) mass is 368 g/mol. The normalized spacial score (nSPS) is 10.6. The average molecular weight is 369 g/mol. The van der Waals surface area contributed by atoms with Crippen molar-refractivity contribution in [1.29, 1.82) is 0 Å². The van der Waals surface area contributed by atoms with Crippen LogP contribution >= 0.6 is 11.6 Å². The van der Waals surface area contributed by atoms with Crippen molar-refractivity contribution in [3.8, 4) is 11.3 Å². The molecule has 0 unspecified atom stereocenters. The number of halogens is 1. The zero-order chi connectivity index (χ0) is 18.4. The van der Waals surface area contributed by atoms with E-state index in [1.165, 1.54) is 0 Å². The minimum atomic E-state index is 0.513. The molecule has 0 aliphatic rings. The molecule has 0 spiro atoms. The van der Waals surface area contributed by atoms with Gasteiger partial charge in [-0.05, 0) is 55.8 Å². The summed E-state index contributed by atoms with van der Waals surface area (Å²) in [6, 6.07) is 11.3. The van der Waals surface area contributed by atoms with Crippen LogP contribution in [0.15, 0.2) is 48.8 Å². The van der Waals surface area contributed by atoms with Crippen LogP contribution in [0.3, 0.4) is 0 Å². The molecular formula is C19H21ClN6. The van der Waals surface area contributed by atoms with Gasteiger partial charge in [-0.2, -0.15) is 0 Å². The number of aromatic nitrogens is 3. The summed E-state index contributed by atoms with van der Waals surface area (Å²) in [5.74, 6) is 1.32. The number of anilines is 3. The summed E-state index contributed by atoms with van der Waals surface area (Å²) >= 11 is 6.03. The molecule has 7 heteroatoms. The molecule has 0 bridgehead atoms. The second kappa shape index (κ2) is 8.60. The first-order valence-electron chi connectivity index (χ1n) is 8.42. The predicted octanol–water partition coefficient (Wildman–Crippen LogP) is 4.00. The van der Waals surface area contributed by atoms with E-state index in [2.05, 4.69) is 25.6 Å². The zero-order valence-electron chi connectivity index (χ0n) is 14.5. The Morgan fingerprint density at radius 1 is 1.15 bits per heavy atom. The Morgan fingerprint density at radius 3 is 2.85 bits per heavy atom. The molecule has 3 rings (SSSR count). The van der Waals surface area contributed by atoms with Crippen LogP contribution < -0.4 is 16.4 Å². The molecule has 0 aliphatic heterocycles. The largest absolute Gasteiger partial charge is 0.370 e. The van der Waals surface area contributed by atoms with Gasteiger partial charge in [0.1, 0.15) is 5.82 Å². The Bertz CT molecular complexity index is 883. The fraction of sp³-hybridized carbons (Fsp3) is 0.211. The Labute approximate surface area is 157 Å².